The Bertz CT molecular complexity index is 949. The maximum Gasteiger partial charge on any atom is 0.241 e. The Morgan fingerprint density at radius 1 is 1.00 bits per heavy atom. The molecule has 0 saturated carbocycles. The van der Waals surface area contributed by atoms with Crippen LogP contribution in [0.4, 0.5) is 5.69 Å². The van der Waals surface area contributed by atoms with Crippen molar-refractivity contribution in [3.8, 4) is 0 Å². The first-order valence-electron chi connectivity index (χ1n) is 9.22. The van der Waals surface area contributed by atoms with Crippen LogP contribution < -0.4 is 10.6 Å². The van der Waals surface area contributed by atoms with Crippen LogP contribution in [0.2, 0.25) is 0 Å². The minimum absolute atomic E-state index is 0.0283. The van der Waals surface area contributed by atoms with Crippen LogP contribution in [0, 0.1) is 6.92 Å². The van der Waals surface area contributed by atoms with Crippen LogP contribution >= 0.6 is 11.3 Å². The number of rotatable bonds is 7. The molecule has 2 aromatic carbocycles. The largest absolute Gasteiger partial charge is 0.325 e. The third-order valence-corrected chi connectivity index (χ3v) is 5.52. The molecule has 0 radical (unpaired) electrons. The number of amides is 1. The molecule has 0 aliphatic carbocycles. The number of carbonyl (C=O) groups excluding carboxylic acids is 2. The van der Waals surface area contributed by atoms with E-state index in [0.29, 0.717) is 11.3 Å². The van der Waals surface area contributed by atoms with Crippen molar-refractivity contribution in [2.24, 2.45) is 0 Å². The third-order valence-electron chi connectivity index (χ3n) is 4.58. The number of ketones is 1. The molecule has 0 saturated heterocycles. The summed E-state index contributed by atoms with van der Waals surface area (Å²) in [6.07, 6.45) is 0. The van der Waals surface area contributed by atoms with Crippen molar-refractivity contribution in [1.82, 2.24) is 5.32 Å². The van der Waals surface area contributed by atoms with Crippen LogP contribution in [0.15, 0.2) is 66.0 Å². The van der Waals surface area contributed by atoms with Gasteiger partial charge in [-0.05, 0) is 49.9 Å². The van der Waals surface area contributed by atoms with Crippen molar-refractivity contribution in [3.63, 3.8) is 0 Å². The quantitative estimate of drug-likeness (QED) is 0.559. The zero-order valence-electron chi connectivity index (χ0n) is 16.2. The molecule has 1 heterocycles. The number of aryl methyl sites for hydroxylation is 1. The monoisotopic (exact) mass is 392 g/mol. The van der Waals surface area contributed by atoms with Gasteiger partial charge in [0.05, 0.1) is 12.1 Å². The highest BCUT2D eigenvalue weighted by molar-refractivity contribution is 7.10. The number of benzene rings is 2. The van der Waals surface area contributed by atoms with Gasteiger partial charge in [0, 0.05) is 16.1 Å². The van der Waals surface area contributed by atoms with Gasteiger partial charge in [-0.25, -0.2) is 0 Å². The van der Waals surface area contributed by atoms with Crippen molar-refractivity contribution in [2.75, 3.05) is 5.32 Å². The number of nitrogens with one attached hydrogen (secondary N) is 2. The third kappa shape index (κ3) is 4.94. The van der Waals surface area contributed by atoms with Gasteiger partial charge in [-0.2, -0.15) is 0 Å². The maximum atomic E-state index is 12.7. The minimum Gasteiger partial charge on any atom is -0.325 e. The summed E-state index contributed by atoms with van der Waals surface area (Å²) >= 11 is 1.66. The summed E-state index contributed by atoms with van der Waals surface area (Å²) in [5, 5.41) is 8.38. The van der Waals surface area contributed by atoms with Crippen LogP contribution in [-0.4, -0.2) is 17.7 Å². The lowest BCUT2D eigenvalue weighted by Crippen LogP contribution is -2.40. The number of Topliss-reactive ketones (excluding diaryl/α,β-unsaturated/α-hetero) is 1. The normalized spacial score (nSPS) is 13.0. The molecule has 28 heavy (non-hydrogen) atoms. The van der Waals surface area contributed by atoms with Gasteiger partial charge in [-0.1, -0.05) is 48.0 Å². The smallest absolute Gasteiger partial charge is 0.241 e. The lowest BCUT2D eigenvalue weighted by molar-refractivity contribution is -0.117. The van der Waals surface area contributed by atoms with Crippen molar-refractivity contribution in [3.05, 3.63) is 87.6 Å². The molecule has 3 aromatic rings. The molecule has 0 spiro atoms. The van der Waals surface area contributed by atoms with Gasteiger partial charge in [0.25, 0.3) is 0 Å². The minimum atomic E-state index is -0.422. The van der Waals surface area contributed by atoms with E-state index in [4.69, 9.17) is 0 Å². The lowest BCUT2D eigenvalue weighted by atomic mass is 10.0. The second-order valence-corrected chi connectivity index (χ2v) is 7.85. The standard InChI is InChI=1S/C23H24N2O2S/c1-15-9-11-18(12-10-15)22(21-8-5-13-28-21)24-16(2)23(27)25-20-7-4-6-19(14-20)17(3)26/h4-14,16,22,24H,1-3H3,(H,25,27)/t16-,22+/m0/s1. The summed E-state index contributed by atoms with van der Waals surface area (Å²) in [5.41, 5.74) is 3.51. The highest BCUT2D eigenvalue weighted by atomic mass is 32.1. The Hall–Kier alpha value is -2.76. The van der Waals surface area contributed by atoms with Gasteiger partial charge in [0.2, 0.25) is 5.91 Å². The Morgan fingerprint density at radius 3 is 2.39 bits per heavy atom. The van der Waals surface area contributed by atoms with E-state index in [2.05, 4.69) is 47.9 Å². The highest BCUT2D eigenvalue weighted by Crippen LogP contribution is 2.27. The van der Waals surface area contributed by atoms with E-state index < -0.39 is 6.04 Å². The average molecular weight is 393 g/mol. The molecule has 2 N–H and O–H groups in total. The molecule has 0 aliphatic heterocycles. The highest BCUT2D eigenvalue weighted by Gasteiger charge is 2.21. The van der Waals surface area contributed by atoms with Crippen LogP contribution in [0.25, 0.3) is 0 Å². The summed E-state index contributed by atoms with van der Waals surface area (Å²) in [5.74, 6) is -0.172. The molecule has 0 fully saturated rings. The SMILES string of the molecule is CC(=O)c1cccc(NC(=O)[C@H](C)N[C@H](c2ccc(C)cc2)c2cccs2)c1. The number of hydrogen-bond donors (Lipinski definition) is 2. The van der Waals surface area contributed by atoms with E-state index in [0.717, 1.165) is 10.4 Å². The molecule has 2 atom stereocenters. The summed E-state index contributed by atoms with van der Waals surface area (Å²) in [4.78, 5) is 25.4. The fourth-order valence-electron chi connectivity index (χ4n) is 2.95. The summed E-state index contributed by atoms with van der Waals surface area (Å²) < 4.78 is 0. The van der Waals surface area contributed by atoms with Crippen LogP contribution in [0.3, 0.4) is 0 Å². The Balaban J connectivity index is 1.75. The molecule has 1 aromatic heterocycles. The maximum absolute atomic E-state index is 12.7. The first-order valence-corrected chi connectivity index (χ1v) is 10.1. The van der Waals surface area contributed by atoms with Crippen molar-refractivity contribution in [2.45, 2.75) is 32.9 Å². The fourth-order valence-corrected chi connectivity index (χ4v) is 3.76. The Kier molecular flexibility index (Phi) is 6.39. The predicted octanol–water partition coefficient (Wildman–Crippen LogP) is 4.97. The number of hydrogen-bond acceptors (Lipinski definition) is 4. The fraction of sp³-hybridized carbons (Fsp3) is 0.217. The van der Waals surface area contributed by atoms with Crippen LogP contribution in [0.1, 0.15) is 46.3 Å². The van der Waals surface area contributed by atoms with Crippen LogP contribution in [-0.2, 0) is 4.79 Å². The van der Waals surface area contributed by atoms with Crippen molar-refractivity contribution >= 4 is 28.7 Å². The number of carbonyl (C=O) groups is 2. The van der Waals surface area contributed by atoms with E-state index in [1.807, 2.05) is 18.4 Å². The average Bonchev–Trinajstić information content (AvgIpc) is 3.21. The zero-order chi connectivity index (χ0) is 20.1. The molecule has 5 heteroatoms. The van der Waals surface area contributed by atoms with Crippen molar-refractivity contribution < 1.29 is 9.59 Å². The number of thiophene rings is 1. The van der Waals surface area contributed by atoms with E-state index in [-0.39, 0.29) is 17.7 Å². The lowest BCUT2D eigenvalue weighted by Gasteiger charge is -2.23. The van der Waals surface area contributed by atoms with E-state index in [1.54, 1.807) is 35.6 Å². The van der Waals surface area contributed by atoms with Crippen LogP contribution in [0.5, 0.6) is 0 Å². The molecule has 144 valence electrons. The summed E-state index contributed by atoms with van der Waals surface area (Å²) in [6, 6.07) is 18.9. The molecule has 0 aliphatic rings. The van der Waals surface area contributed by atoms with Crippen molar-refractivity contribution in [1.29, 1.82) is 0 Å². The first-order chi connectivity index (χ1) is 13.4. The Labute approximate surface area is 169 Å². The summed E-state index contributed by atoms with van der Waals surface area (Å²) in [7, 11) is 0. The first kappa shape index (κ1) is 20.0. The molecule has 3 rings (SSSR count). The van der Waals surface area contributed by atoms with E-state index >= 15 is 0 Å². The summed E-state index contributed by atoms with van der Waals surface area (Å²) in [6.45, 7) is 5.42. The molecular weight excluding hydrogens is 368 g/mol. The van der Waals surface area contributed by atoms with Gasteiger partial charge in [0.15, 0.2) is 5.78 Å². The second kappa shape index (κ2) is 8.95. The van der Waals surface area contributed by atoms with Gasteiger partial charge in [-0.3, -0.25) is 14.9 Å². The molecule has 0 bridgehead atoms. The Morgan fingerprint density at radius 2 is 1.75 bits per heavy atom. The second-order valence-electron chi connectivity index (χ2n) is 6.87. The predicted molar refractivity (Wildman–Crippen MR) is 115 cm³/mol. The molecule has 4 nitrogen and oxygen atoms in total. The van der Waals surface area contributed by atoms with Gasteiger partial charge < -0.3 is 5.32 Å². The zero-order valence-corrected chi connectivity index (χ0v) is 17.0. The van der Waals surface area contributed by atoms with E-state index in [9.17, 15) is 9.59 Å². The van der Waals surface area contributed by atoms with Gasteiger partial charge in [0.1, 0.15) is 0 Å². The number of anilines is 1. The molecule has 0 unspecified atom stereocenters. The van der Waals surface area contributed by atoms with Gasteiger partial charge >= 0.3 is 0 Å². The molecule has 1 amide bonds. The molecular formula is C23H24N2O2S. The topological polar surface area (TPSA) is 58.2 Å². The van der Waals surface area contributed by atoms with Gasteiger partial charge in [-0.15, -0.1) is 11.3 Å². The van der Waals surface area contributed by atoms with E-state index in [1.165, 1.54) is 12.5 Å².